The largest absolute Gasteiger partial charge is 0.481 e. The number of rotatable bonds is 0. The van der Waals surface area contributed by atoms with E-state index in [1.165, 1.54) is 0 Å². The molecule has 1 aromatic heterocycles. The Kier molecular flexibility index (Phi) is 1.15. The topological polar surface area (TPSA) is 33.4 Å². The molecule has 11 heavy (non-hydrogen) atoms. The van der Waals surface area contributed by atoms with Gasteiger partial charge in [-0.2, -0.15) is 0 Å². The first-order chi connectivity index (χ1) is 5.27. The average molecular weight is 148 g/mol. The molecule has 2 aromatic rings. The van der Waals surface area contributed by atoms with Crippen molar-refractivity contribution in [2.45, 2.75) is 6.92 Å². The van der Waals surface area contributed by atoms with E-state index in [1.807, 2.05) is 25.1 Å². The SMILES string of the molecule is Cc1cccc2cc(O)oc12. The second-order valence-corrected chi connectivity index (χ2v) is 2.58. The fourth-order valence-electron chi connectivity index (χ4n) is 1.20. The number of hydrogen-bond acceptors (Lipinski definition) is 2. The standard InChI is InChI=1S/C9H8O2/c1-6-3-2-4-7-5-8(10)11-9(6)7/h2-5,10H,1H3. The van der Waals surface area contributed by atoms with Gasteiger partial charge in [-0.3, -0.25) is 0 Å². The summed E-state index contributed by atoms with van der Waals surface area (Å²) in [4.78, 5) is 0. The maximum absolute atomic E-state index is 9.01. The van der Waals surface area contributed by atoms with Crippen molar-refractivity contribution < 1.29 is 9.52 Å². The molecule has 1 aromatic carbocycles. The van der Waals surface area contributed by atoms with E-state index in [2.05, 4.69) is 0 Å². The van der Waals surface area contributed by atoms with E-state index in [9.17, 15) is 0 Å². The number of hydrogen-bond donors (Lipinski definition) is 1. The highest BCUT2D eigenvalue weighted by Crippen LogP contribution is 2.25. The zero-order valence-corrected chi connectivity index (χ0v) is 6.16. The Labute approximate surface area is 64.1 Å². The van der Waals surface area contributed by atoms with E-state index in [0.29, 0.717) is 0 Å². The smallest absolute Gasteiger partial charge is 0.282 e. The second kappa shape index (κ2) is 2.02. The zero-order chi connectivity index (χ0) is 7.84. The van der Waals surface area contributed by atoms with E-state index in [-0.39, 0.29) is 5.95 Å². The van der Waals surface area contributed by atoms with Crippen molar-refractivity contribution in [2.75, 3.05) is 0 Å². The van der Waals surface area contributed by atoms with Gasteiger partial charge in [-0.1, -0.05) is 18.2 Å². The summed E-state index contributed by atoms with van der Waals surface area (Å²) in [6.45, 7) is 1.95. The third-order valence-electron chi connectivity index (χ3n) is 1.73. The Hall–Kier alpha value is -1.44. The molecule has 0 aliphatic heterocycles. The first-order valence-corrected chi connectivity index (χ1v) is 3.45. The molecule has 2 rings (SSSR count). The van der Waals surface area contributed by atoms with Gasteiger partial charge in [-0.05, 0) is 12.5 Å². The monoisotopic (exact) mass is 148 g/mol. The molecule has 0 amide bonds. The summed E-state index contributed by atoms with van der Waals surface area (Å²) >= 11 is 0. The van der Waals surface area contributed by atoms with Gasteiger partial charge in [0.05, 0.1) is 0 Å². The van der Waals surface area contributed by atoms with Crippen LogP contribution in [0.4, 0.5) is 0 Å². The van der Waals surface area contributed by atoms with Gasteiger partial charge in [0.2, 0.25) is 0 Å². The molecule has 0 radical (unpaired) electrons. The van der Waals surface area contributed by atoms with Crippen LogP contribution in [0.15, 0.2) is 28.7 Å². The minimum absolute atomic E-state index is 0.0192. The van der Waals surface area contributed by atoms with Crippen LogP contribution in [-0.4, -0.2) is 5.11 Å². The molecule has 0 saturated carbocycles. The Bertz CT molecular complexity index is 387. The number of aryl methyl sites for hydroxylation is 1. The third-order valence-corrected chi connectivity index (χ3v) is 1.73. The highest BCUT2D eigenvalue weighted by Gasteiger charge is 2.02. The van der Waals surface area contributed by atoms with E-state index in [1.54, 1.807) is 6.07 Å². The summed E-state index contributed by atoms with van der Waals surface area (Å²) in [6.07, 6.45) is 0. The van der Waals surface area contributed by atoms with E-state index in [0.717, 1.165) is 16.5 Å². The predicted molar refractivity (Wildman–Crippen MR) is 42.6 cm³/mol. The van der Waals surface area contributed by atoms with Crippen LogP contribution in [0.5, 0.6) is 5.95 Å². The van der Waals surface area contributed by atoms with Gasteiger partial charge in [0, 0.05) is 11.5 Å². The van der Waals surface area contributed by atoms with E-state index in [4.69, 9.17) is 9.52 Å². The maximum atomic E-state index is 9.01. The Morgan fingerprint density at radius 3 is 2.91 bits per heavy atom. The molecule has 2 heteroatoms. The molecule has 1 heterocycles. The molecule has 2 nitrogen and oxygen atoms in total. The van der Waals surface area contributed by atoms with Crippen LogP contribution in [0.3, 0.4) is 0 Å². The van der Waals surface area contributed by atoms with Gasteiger partial charge in [0.25, 0.3) is 5.95 Å². The molecule has 0 spiro atoms. The van der Waals surface area contributed by atoms with Crippen LogP contribution in [0.1, 0.15) is 5.56 Å². The van der Waals surface area contributed by atoms with Gasteiger partial charge in [-0.25, -0.2) is 0 Å². The summed E-state index contributed by atoms with van der Waals surface area (Å²) in [5.41, 5.74) is 1.81. The number of fused-ring (bicyclic) bond motifs is 1. The quantitative estimate of drug-likeness (QED) is 0.622. The Morgan fingerprint density at radius 2 is 2.18 bits per heavy atom. The lowest BCUT2D eigenvalue weighted by atomic mass is 10.2. The summed E-state index contributed by atoms with van der Waals surface area (Å²) < 4.78 is 5.05. The highest BCUT2D eigenvalue weighted by molar-refractivity contribution is 5.81. The maximum Gasteiger partial charge on any atom is 0.282 e. The molecule has 0 unspecified atom stereocenters. The number of benzene rings is 1. The molecule has 0 saturated heterocycles. The minimum atomic E-state index is -0.0192. The van der Waals surface area contributed by atoms with Crippen LogP contribution in [0.2, 0.25) is 0 Å². The fourth-order valence-corrected chi connectivity index (χ4v) is 1.20. The van der Waals surface area contributed by atoms with Crippen LogP contribution in [0.25, 0.3) is 11.0 Å². The van der Waals surface area contributed by atoms with Gasteiger partial charge >= 0.3 is 0 Å². The molecular weight excluding hydrogens is 140 g/mol. The summed E-state index contributed by atoms with van der Waals surface area (Å²) in [6, 6.07) is 7.41. The van der Waals surface area contributed by atoms with Gasteiger partial charge < -0.3 is 9.52 Å². The van der Waals surface area contributed by atoms with Crippen molar-refractivity contribution in [3.05, 3.63) is 29.8 Å². The first kappa shape index (κ1) is 6.28. The number of aromatic hydroxyl groups is 1. The van der Waals surface area contributed by atoms with E-state index < -0.39 is 0 Å². The van der Waals surface area contributed by atoms with Crippen molar-refractivity contribution in [1.29, 1.82) is 0 Å². The lowest BCUT2D eigenvalue weighted by Crippen LogP contribution is -1.69. The van der Waals surface area contributed by atoms with Crippen molar-refractivity contribution >= 4 is 11.0 Å². The molecule has 1 N–H and O–H groups in total. The van der Waals surface area contributed by atoms with Crippen LogP contribution < -0.4 is 0 Å². The number of para-hydroxylation sites is 1. The van der Waals surface area contributed by atoms with Gasteiger partial charge in [-0.15, -0.1) is 0 Å². The van der Waals surface area contributed by atoms with Crippen LogP contribution in [0, 0.1) is 6.92 Å². The summed E-state index contributed by atoms with van der Waals surface area (Å²) in [5, 5.41) is 9.96. The molecule has 0 atom stereocenters. The highest BCUT2D eigenvalue weighted by atomic mass is 16.5. The van der Waals surface area contributed by atoms with Crippen molar-refractivity contribution in [2.24, 2.45) is 0 Å². The lowest BCUT2D eigenvalue weighted by Gasteiger charge is -1.90. The van der Waals surface area contributed by atoms with Crippen molar-refractivity contribution in [3.8, 4) is 5.95 Å². The zero-order valence-electron chi connectivity index (χ0n) is 6.16. The van der Waals surface area contributed by atoms with Crippen LogP contribution >= 0.6 is 0 Å². The lowest BCUT2D eigenvalue weighted by molar-refractivity contribution is 0.346. The second-order valence-electron chi connectivity index (χ2n) is 2.58. The van der Waals surface area contributed by atoms with Crippen molar-refractivity contribution in [3.63, 3.8) is 0 Å². The van der Waals surface area contributed by atoms with Gasteiger partial charge in [0.15, 0.2) is 0 Å². The van der Waals surface area contributed by atoms with Crippen LogP contribution in [-0.2, 0) is 0 Å². The molecule has 0 bridgehead atoms. The minimum Gasteiger partial charge on any atom is -0.481 e. The molecule has 0 aliphatic carbocycles. The average Bonchev–Trinajstić information content (AvgIpc) is 2.31. The molecule has 56 valence electrons. The first-order valence-electron chi connectivity index (χ1n) is 3.45. The van der Waals surface area contributed by atoms with E-state index >= 15 is 0 Å². The normalized spacial score (nSPS) is 10.6. The Morgan fingerprint density at radius 1 is 1.36 bits per heavy atom. The van der Waals surface area contributed by atoms with Crippen molar-refractivity contribution in [1.82, 2.24) is 0 Å². The van der Waals surface area contributed by atoms with Gasteiger partial charge in [0.1, 0.15) is 5.58 Å². The number of furan rings is 1. The molecular formula is C9H8O2. The summed E-state index contributed by atoms with van der Waals surface area (Å²) in [5.74, 6) is -0.0192. The predicted octanol–water partition coefficient (Wildman–Crippen LogP) is 2.45. The summed E-state index contributed by atoms with van der Waals surface area (Å²) in [7, 11) is 0. The Balaban J connectivity index is 2.90. The molecule has 0 aliphatic rings. The third kappa shape index (κ3) is 0.871. The molecule has 0 fully saturated rings. The fraction of sp³-hybridized carbons (Fsp3) is 0.111.